The Morgan fingerprint density at radius 1 is 0.524 bits per heavy atom. The zero-order valence-electron chi connectivity index (χ0n) is 23.4. The molecule has 0 saturated heterocycles. The smallest absolute Gasteiger partial charge is 0.254 e. The van der Waals surface area contributed by atoms with Crippen LogP contribution in [0.1, 0.15) is 31.8 Å². The van der Waals surface area contributed by atoms with Gasteiger partial charge < -0.3 is 10.6 Å². The molecule has 0 heterocycles. The normalized spacial score (nSPS) is 11.0. The highest BCUT2D eigenvalue weighted by atomic mass is 16.2. The van der Waals surface area contributed by atoms with Crippen molar-refractivity contribution in [2.75, 3.05) is 13.1 Å². The number of benzene rings is 6. The number of primary amides is 1. The summed E-state index contributed by atoms with van der Waals surface area (Å²) >= 11 is 0. The molecule has 42 heavy (non-hydrogen) atoms. The number of rotatable bonds is 9. The molecule has 0 bridgehead atoms. The molecule has 6 rings (SSSR count). The first-order valence-electron chi connectivity index (χ1n) is 14.3. The van der Waals surface area contributed by atoms with Crippen LogP contribution in [-0.4, -0.2) is 29.8 Å². The fourth-order valence-corrected chi connectivity index (χ4v) is 5.63. The number of nitrogens with two attached hydrogens (primary N) is 1. The molecule has 0 fully saturated rings. The van der Waals surface area contributed by atoms with E-state index in [2.05, 4.69) is 54.6 Å². The first-order valence-corrected chi connectivity index (χ1v) is 14.3. The number of hydrogen-bond donors (Lipinski definition) is 1. The van der Waals surface area contributed by atoms with Gasteiger partial charge in [0.05, 0.1) is 0 Å². The maximum Gasteiger partial charge on any atom is 0.254 e. The lowest BCUT2D eigenvalue weighted by Crippen LogP contribution is -2.35. The average molecular weight is 549 g/mol. The molecule has 0 aromatic heterocycles. The molecule has 0 spiro atoms. The second-order valence-corrected chi connectivity index (χ2v) is 10.6. The molecule has 0 unspecified atom stereocenters. The predicted molar refractivity (Wildman–Crippen MR) is 172 cm³/mol. The highest BCUT2D eigenvalue weighted by Gasteiger charge is 2.19. The van der Waals surface area contributed by atoms with Crippen LogP contribution in [-0.2, 0) is 12.8 Å². The van der Waals surface area contributed by atoms with Crippen LogP contribution in [0.4, 0.5) is 0 Å². The van der Waals surface area contributed by atoms with Crippen molar-refractivity contribution in [1.82, 2.24) is 4.90 Å². The standard InChI is InChI=1S/C38H32N2O2/c39-37(41)35-15-7-13-31-25-29(17-19-33(31)35)30-18-20-34-32(26-30)14-8-16-36(34)38(42)40(23-21-27-9-3-1-4-10-27)24-22-28-11-5-2-6-12-28/h1-20,25-26H,21-24H2,(H2,39,41). The van der Waals surface area contributed by atoms with Gasteiger partial charge in [0, 0.05) is 24.2 Å². The molecular weight excluding hydrogens is 516 g/mol. The van der Waals surface area contributed by atoms with Crippen molar-refractivity contribution in [1.29, 1.82) is 0 Å². The lowest BCUT2D eigenvalue weighted by Gasteiger charge is -2.24. The van der Waals surface area contributed by atoms with Gasteiger partial charge in [0.2, 0.25) is 5.91 Å². The highest BCUT2D eigenvalue weighted by Crippen LogP contribution is 2.30. The molecule has 0 atom stereocenters. The zero-order chi connectivity index (χ0) is 28.9. The molecule has 2 N–H and O–H groups in total. The van der Waals surface area contributed by atoms with Crippen molar-refractivity contribution in [3.8, 4) is 11.1 Å². The Bertz CT molecular complexity index is 1840. The average Bonchev–Trinajstić information content (AvgIpc) is 3.04. The van der Waals surface area contributed by atoms with Crippen molar-refractivity contribution in [2.45, 2.75) is 12.8 Å². The van der Waals surface area contributed by atoms with E-state index in [-0.39, 0.29) is 5.91 Å². The molecule has 2 amide bonds. The molecule has 0 saturated carbocycles. The third kappa shape index (κ3) is 5.79. The van der Waals surface area contributed by atoms with Gasteiger partial charge in [-0.25, -0.2) is 0 Å². The summed E-state index contributed by atoms with van der Waals surface area (Å²) in [4.78, 5) is 27.9. The lowest BCUT2D eigenvalue weighted by molar-refractivity contribution is 0.0761. The Balaban J connectivity index is 1.30. The van der Waals surface area contributed by atoms with Crippen molar-refractivity contribution >= 4 is 33.4 Å². The lowest BCUT2D eigenvalue weighted by atomic mass is 9.95. The number of carbonyl (C=O) groups excluding carboxylic acids is 2. The third-order valence-corrected chi connectivity index (χ3v) is 7.90. The summed E-state index contributed by atoms with van der Waals surface area (Å²) in [6.45, 7) is 1.29. The SMILES string of the molecule is NC(=O)c1cccc2cc(-c3ccc4c(C(=O)N(CCc5ccccc5)CCc5ccccc5)cccc4c3)ccc12. The van der Waals surface area contributed by atoms with Gasteiger partial charge in [-0.1, -0.05) is 109 Å². The van der Waals surface area contributed by atoms with Crippen molar-refractivity contribution in [3.05, 3.63) is 156 Å². The van der Waals surface area contributed by atoms with Crippen molar-refractivity contribution < 1.29 is 9.59 Å². The van der Waals surface area contributed by atoms with E-state index in [1.807, 2.05) is 77.7 Å². The topological polar surface area (TPSA) is 63.4 Å². The molecule has 0 radical (unpaired) electrons. The molecule has 206 valence electrons. The Labute approximate surface area is 246 Å². The summed E-state index contributed by atoms with van der Waals surface area (Å²) in [5.41, 5.74) is 11.3. The zero-order valence-corrected chi connectivity index (χ0v) is 23.4. The van der Waals surface area contributed by atoms with Gasteiger partial charge in [-0.05, 0) is 80.9 Å². The Kier molecular flexibility index (Phi) is 7.78. The summed E-state index contributed by atoms with van der Waals surface area (Å²) in [6.07, 6.45) is 1.60. The number of carbonyl (C=O) groups is 2. The van der Waals surface area contributed by atoms with Gasteiger partial charge in [0.1, 0.15) is 0 Å². The first kappa shape index (κ1) is 27.0. The van der Waals surface area contributed by atoms with Crippen molar-refractivity contribution in [3.63, 3.8) is 0 Å². The van der Waals surface area contributed by atoms with E-state index < -0.39 is 5.91 Å². The number of amides is 2. The van der Waals surface area contributed by atoms with Crippen LogP contribution in [0.25, 0.3) is 32.7 Å². The van der Waals surface area contributed by atoms with E-state index in [0.29, 0.717) is 24.2 Å². The molecule has 4 heteroatoms. The van der Waals surface area contributed by atoms with Crippen molar-refractivity contribution in [2.24, 2.45) is 5.73 Å². The van der Waals surface area contributed by atoms with E-state index in [4.69, 9.17) is 5.73 Å². The van der Waals surface area contributed by atoms with Gasteiger partial charge in [-0.3, -0.25) is 9.59 Å². The highest BCUT2D eigenvalue weighted by molar-refractivity contribution is 6.09. The third-order valence-electron chi connectivity index (χ3n) is 7.90. The maximum atomic E-state index is 14.1. The maximum absolute atomic E-state index is 14.1. The second-order valence-electron chi connectivity index (χ2n) is 10.6. The Morgan fingerprint density at radius 2 is 1.00 bits per heavy atom. The van der Waals surface area contributed by atoms with Crippen LogP contribution in [0.5, 0.6) is 0 Å². The van der Waals surface area contributed by atoms with Crippen LogP contribution < -0.4 is 5.73 Å². The minimum atomic E-state index is -0.433. The summed E-state index contributed by atoms with van der Waals surface area (Å²) in [5.74, 6) is -0.386. The summed E-state index contributed by atoms with van der Waals surface area (Å²) < 4.78 is 0. The minimum absolute atomic E-state index is 0.0462. The van der Waals surface area contributed by atoms with E-state index in [0.717, 1.165) is 45.5 Å². The molecular formula is C38H32N2O2. The van der Waals surface area contributed by atoms with Gasteiger partial charge in [-0.15, -0.1) is 0 Å². The summed E-state index contributed by atoms with van der Waals surface area (Å²) in [7, 11) is 0. The van der Waals surface area contributed by atoms with Crippen LogP contribution in [0.2, 0.25) is 0 Å². The Hall–Kier alpha value is -5.22. The number of hydrogen-bond acceptors (Lipinski definition) is 2. The monoisotopic (exact) mass is 548 g/mol. The molecule has 6 aromatic carbocycles. The quantitative estimate of drug-likeness (QED) is 0.201. The largest absolute Gasteiger partial charge is 0.366 e. The molecule has 0 aliphatic heterocycles. The van der Waals surface area contributed by atoms with Crippen LogP contribution in [0.15, 0.2) is 133 Å². The van der Waals surface area contributed by atoms with E-state index >= 15 is 0 Å². The number of fused-ring (bicyclic) bond motifs is 2. The van der Waals surface area contributed by atoms with Gasteiger partial charge >= 0.3 is 0 Å². The van der Waals surface area contributed by atoms with E-state index in [9.17, 15) is 9.59 Å². The first-order chi connectivity index (χ1) is 20.6. The van der Waals surface area contributed by atoms with Gasteiger partial charge in [0.25, 0.3) is 5.91 Å². The van der Waals surface area contributed by atoms with Crippen LogP contribution in [0, 0.1) is 0 Å². The molecule has 0 aliphatic rings. The molecule has 0 aliphatic carbocycles. The Morgan fingerprint density at radius 3 is 1.50 bits per heavy atom. The fourth-order valence-electron chi connectivity index (χ4n) is 5.63. The molecule has 6 aromatic rings. The van der Waals surface area contributed by atoms with E-state index in [1.54, 1.807) is 6.07 Å². The van der Waals surface area contributed by atoms with Crippen LogP contribution >= 0.6 is 0 Å². The fraction of sp³-hybridized carbons (Fsp3) is 0.105. The molecule has 4 nitrogen and oxygen atoms in total. The number of nitrogens with zero attached hydrogens (tertiary/aromatic N) is 1. The second kappa shape index (κ2) is 12.1. The van der Waals surface area contributed by atoms with E-state index in [1.165, 1.54) is 11.1 Å². The summed E-state index contributed by atoms with van der Waals surface area (Å²) in [6, 6.07) is 44.5. The van der Waals surface area contributed by atoms with Gasteiger partial charge in [0.15, 0.2) is 0 Å². The summed E-state index contributed by atoms with van der Waals surface area (Å²) in [5, 5.41) is 3.75. The van der Waals surface area contributed by atoms with Crippen LogP contribution in [0.3, 0.4) is 0 Å². The predicted octanol–water partition coefficient (Wildman–Crippen LogP) is 7.69. The minimum Gasteiger partial charge on any atom is -0.366 e. The van der Waals surface area contributed by atoms with Gasteiger partial charge in [-0.2, -0.15) is 0 Å².